The predicted octanol–water partition coefficient (Wildman–Crippen LogP) is 5.62. The van der Waals surface area contributed by atoms with E-state index in [1.54, 1.807) is 24.3 Å². The summed E-state index contributed by atoms with van der Waals surface area (Å²) in [6.45, 7) is 3.86. The first kappa shape index (κ1) is 15.7. The highest BCUT2D eigenvalue weighted by atomic mass is 35.5. The summed E-state index contributed by atoms with van der Waals surface area (Å²) in [5.41, 5.74) is 3.95. The van der Waals surface area contributed by atoms with Gasteiger partial charge in [0.1, 0.15) is 11.3 Å². The number of aryl methyl sites for hydroxylation is 2. The summed E-state index contributed by atoms with van der Waals surface area (Å²) in [5.74, 6) is -0.472. The van der Waals surface area contributed by atoms with Gasteiger partial charge >= 0.3 is 5.97 Å². The van der Waals surface area contributed by atoms with Gasteiger partial charge in [-0.3, -0.25) is 0 Å². The zero-order chi connectivity index (χ0) is 17.7. The van der Waals surface area contributed by atoms with Crippen LogP contribution in [0.1, 0.15) is 21.5 Å². The summed E-state index contributed by atoms with van der Waals surface area (Å²) >= 11 is 6.02. The van der Waals surface area contributed by atoms with E-state index in [4.69, 9.17) is 16.0 Å². The molecule has 4 rings (SSSR count). The molecule has 4 nitrogen and oxygen atoms in total. The molecular weight excluding hydrogens is 338 g/mol. The van der Waals surface area contributed by atoms with E-state index < -0.39 is 5.97 Å². The topological polar surface area (TPSA) is 63.3 Å². The van der Waals surface area contributed by atoms with Crippen molar-refractivity contribution >= 4 is 39.4 Å². The van der Waals surface area contributed by atoms with Crippen molar-refractivity contribution in [3.63, 3.8) is 0 Å². The Kier molecular flexibility index (Phi) is 3.51. The Labute approximate surface area is 148 Å². The van der Waals surface area contributed by atoms with Gasteiger partial charge in [0.15, 0.2) is 5.76 Å². The van der Waals surface area contributed by atoms with E-state index >= 15 is 0 Å². The number of furan rings is 1. The van der Waals surface area contributed by atoms with Crippen LogP contribution < -0.4 is 0 Å². The molecule has 0 saturated carbocycles. The van der Waals surface area contributed by atoms with Gasteiger partial charge in [-0.05, 0) is 61.4 Å². The summed E-state index contributed by atoms with van der Waals surface area (Å²) in [5, 5.41) is 11.8. The molecule has 124 valence electrons. The van der Waals surface area contributed by atoms with Crippen LogP contribution in [0.2, 0.25) is 5.02 Å². The Hall–Kier alpha value is -2.85. The van der Waals surface area contributed by atoms with Crippen LogP contribution in [0.25, 0.3) is 33.3 Å². The average Bonchev–Trinajstić information content (AvgIpc) is 2.96. The van der Waals surface area contributed by atoms with Crippen LogP contribution in [-0.4, -0.2) is 16.1 Å². The number of aromatic carboxylic acids is 1. The lowest BCUT2D eigenvalue weighted by atomic mass is 10.00. The number of aromatic nitrogens is 1. The van der Waals surface area contributed by atoms with Crippen molar-refractivity contribution in [2.75, 3.05) is 0 Å². The zero-order valence-corrected chi connectivity index (χ0v) is 14.4. The fourth-order valence-electron chi connectivity index (χ4n) is 3.19. The molecule has 0 fully saturated rings. The highest BCUT2D eigenvalue weighted by Gasteiger charge is 2.17. The highest BCUT2D eigenvalue weighted by molar-refractivity contribution is 6.31. The molecule has 0 unspecified atom stereocenters. The first-order chi connectivity index (χ1) is 11.9. The number of pyridine rings is 1. The molecule has 0 aliphatic rings. The van der Waals surface area contributed by atoms with Crippen LogP contribution in [0.4, 0.5) is 0 Å². The molecule has 25 heavy (non-hydrogen) atoms. The molecule has 2 aromatic heterocycles. The predicted molar refractivity (Wildman–Crippen MR) is 98.4 cm³/mol. The van der Waals surface area contributed by atoms with Crippen LogP contribution in [0.15, 0.2) is 46.9 Å². The van der Waals surface area contributed by atoms with Gasteiger partial charge in [-0.2, -0.15) is 0 Å². The Bertz CT molecular complexity index is 1160. The second-order valence-electron chi connectivity index (χ2n) is 6.13. The van der Waals surface area contributed by atoms with E-state index in [2.05, 4.69) is 4.98 Å². The largest absolute Gasteiger partial charge is 0.478 e. The number of hydrogen-bond acceptors (Lipinski definition) is 3. The Morgan fingerprint density at radius 2 is 1.92 bits per heavy atom. The SMILES string of the molecule is Cc1cc(C)c2c(C(=O)O)cc(-c3cc4cc(Cl)ccc4o3)nc2c1. The summed E-state index contributed by atoms with van der Waals surface area (Å²) in [6.07, 6.45) is 0. The molecule has 5 heteroatoms. The van der Waals surface area contributed by atoms with Gasteiger partial charge in [0, 0.05) is 15.8 Å². The number of rotatable bonds is 2. The molecule has 0 bridgehead atoms. The number of benzene rings is 2. The average molecular weight is 352 g/mol. The number of hydrogen-bond donors (Lipinski definition) is 1. The molecule has 0 radical (unpaired) electrons. The second-order valence-corrected chi connectivity index (χ2v) is 6.57. The minimum absolute atomic E-state index is 0.219. The minimum Gasteiger partial charge on any atom is -0.478 e. The third-order valence-electron chi connectivity index (χ3n) is 4.21. The number of carbonyl (C=O) groups is 1. The van der Waals surface area contributed by atoms with Crippen LogP contribution >= 0.6 is 11.6 Å². The second kappa shape index (κ2) is 5.60. The van der Waals surface area contributed by atoms with Crippen molar-refractivity contribution < 1.29 is 14.3 Å². The number of nitrogens with zero attached hydrogens (tertiary/aromatic N) is 1. The molecule has 0 aliphatic carbocycles. The van der Waals surface area contributed by atoms with E-state index in [1.807, 2.05) is 32.0 Å². The van der Waals surface area contributed by atoms with E-state index in [0.717, 1.165) is 16.5 Å². The van der Waals surface area contributed by atoms with Crippen LogP contribution in [0, 0.1) is 13.8 Å². The third kappa shape index (κ3) is 2.65. The molecule has 4 aromatic rings. The quantitative estimate of drug-likeness (QED) is 0.509. The van der Waals surface area contributed by atoms with Crippen molar-refractivity contribution in [2.24, 2.45) is 0 Å². The maximum absolute atomic E-state index is 11.8. The molecule has 0 amide bonds. The van der Waals surface area contributed by atoms with Crippen LogP contribution in [0.3, 0.4) is 0 Å². The maximum atomic E-state index is 11.8. The summed E-state index contributed by atoms with van der Waals surface area (Å²) in [6, 6.07) is 12.6. The van der Waals surface area contributed by atoms with Gasteiger partial charge in [0.2, 0.25) is 0 Å². The smallest absolute Gasteiger partial charge is 0.336 e. The summed E-state index contributed by atoms with van der Waals surface area (Å²) in [7, 11) is 0. The third-order valence-corrected chi connectivity index (χ3v) is 4.45. The highest BCUT2D eigenvalue weighted by Crippen LogP contribution is 2.32. The molecule has 0 spiro atoms. The number of carboxylic acid groups (broad SMARTS) is 1. The number of carboxylic acids is 1. The molecule has 0 aliphatic heterocycles. The van der Waals surface area contributed by atoms with Gasteiger partial charge in [-0.25, -0.2) is 9.78 Å². The van der Waals surface area contributed by atoms with E-state index in [1.165, 1.54) is 0 Å². The molecule has 2 aromatic carbocycles. The normalized spacial score (nSPS) is 11.3. The Morgan fingerprint density at radius 3 is 2.68 bits per heavy atom. The number of halogens is 1. The standard InChI is InChI=1S/C20H14ClNO3/c1-10-5-11(2)19-14(20(23)24)9-15(22-16(19)6-10)18-8-12-7-13(21)3-4-17(12)25-18/h3-9H,1-2H3,(H,23,24). The van der Waals surface area contributed by atoms with Crippen molar-refractivity contribution in [1.82, 2.24) is 4.98 Å². The van der Waals surface area contributed by atoms with E-state index in [9.17, 15) is 9.90 Å². The van der Waals surface area contributed by atoms with Crippen LogP contribution in [0.5, 0.6) is 0 Å². The fraction of sp³-hybridized carbons (Fsp3) is 0.100. The minimum atomic E-state index is -0.986. The van der Waals surface area contributed by atoms with Gasteiger partial charge in [-0.15, -0.1) is 0 Å². The van der Waals surface area contributed by atoms with Gasteiger partial charge in [-0.1, -0.05) is 17.7 Å². The van der Waals surface area contributed by atoms with Crippen molar-refractivity contribution in [2.45, 2.75) is 13.8 Å². The Balaban J connectivity index is 2.02. The Morgan fingerprint density at radius 1 is 1.12 bits per heavy atom. The van der Waals surface area contributed by atoms with Gasteiger partial charge in [0.05, 0.1) is 11.1 Å². The maximum Gasteiger partial charge on any atom is 0.336 e. The first-order valence-corrected chi connectivity index (χ1v) is 8.15. The molecule has 1 N–H and O–H groups in total. The lowest BCUT2D eigenvalue weighted by molar-refractivity contribution is 0.0699. The lowest BCUT2D eigenvalue weighted by Gasteiger charge is -2.09. The van der Waals surface area contributed by atoms with Crippen molar-refractivity contribution in [3.05, 3.63) is 64.2 Å². The molecular formula is C20H14ClNO3. The van der Waals surface area contributed by atoms with Gasteiger partial charge in [0.25, 0.3) is 0 Å². The fourth-order valence-corrected chi connectivity index (χ4v) is 3.37. The van der Waals surface area contributed by atoms with E-state index in [0.29, 0.717) is 33.0 Å². The van der Waals surface area contributed by atoms with Crippen LogP contribution in [-0.2, 0) is 0 Å². The van der Waals surface area contributed by atoms with Crippen molar-refractivity contribution in [1.29, 1.82) is 0 Å². The summed E-state index contributed by atoms with van der Waals surface area (Å²) < 4.78 is 5.84. The molecule has 2 heterocycles. The first-order valence-electron chi connectivity index (χ1n) is 7.77. The van der Waals surface area contributed by atoms with Crippen molar-refractivity contribution in [3.8, 4) is 11.5 Å². The lowest BCUT2D eigenvalue weighted by Crippen LogP contribution is -2.02. The summed E-state index contributed by atoms with van der Waals surface area (Å²) in [4.78, 5) is 16.4. The van der Waals surface area contributed by atoms with Gasteiger partial charge < -0.3 is 9.52 Å². The zero-order valence-electron chi connectivity index (χ0n) is 13.6. The monoisotopic (exact) mass is 351 g/mol. The number of fused-ring (bicyclic) bond motifs is 2. The molecule has 0 saturated heterocycles. The molecule has 0 atom stereocenters. The van der Waals surface area contributed by atoms with E-state index in [-0.39, 0.29) is 5.56 Å².